The predicted molar refractivity (Wildman–Crippen MR) is 119 cm³/mol. The second kappa shape index (κ2) is 10.5. The summed E-state index contributed by atoms with van der Waals surface area (Å²) in [6.07, 6.45) is 7.55. The highest BCUT2D eigenvalue weighted by atomic mass is 32.1. The smallest absolute Gasteiger partial charge is 0.357 e. The fraction of sp³-hybridized carbons (Fsp3) is 0.217. The molecule has 2 heterocycles. The van der Waals surface area contributed by atoms with E-state index in [4.69, 9.17) is 9.15 Å². The molecule has 0 unspecified atom stereocenters. The first kappa shape index (κ1) is 22.2. The Morgan fingerprint density at radius 2 is 2.16 bits per heavy atom. The number of furan rings is 1. The van der Waals surface area contributed by atoms with Gasteiger partial charge in [0.15, 0.2) is 11.5 Å². The second-order valence-electron chi connectivity index (χ2n) is 6.54. The van der Waals surface area contributed by atoms with Gasteiger partial charge in [0.2, 0.25) is 10.9 Å². The highest BCUT2D eigenvalue weighted by molar-refractivity contribution is 7.13. The fourth-order valence-electron chi connectivity index (χ4n) is 2.82. The number of hydrogen-bond donors (Lipinski definition) is 1. The third kappa shape index (κ3) is 5.76. The Hall–Kier alpha value is -3.52. The summed E-state index contributed by atoms with van der Waals surface area (Å²) >= 11 is 1.20. The lowest BCUT2D eigenvalue weighted by molar-refractivity contribution is 0.0520. The van der Waals surface area contributed by atoms with Gasteiger partial charge in [-0.1, -0.05) is 19.4 Å². The number of benzene rings is 1. The molecule has 0 saturated heterocycles. The van der Waals surface area contributed by atoms with Crippen LogP contribution in [0.4, 0.5) is 5.13 Å². The van der Waals surface area contributed by atoms with Crippen LogP contribution in [0.5, 0.6) is 5.75 Å². The van der Waals surface area contributed by atoms with Crippen LogP contribution in [0.2, 0.25) is 0 Å². The molecule has 1 aromatic carbocycles. The van der Waals surface area contributed by atoms with Crippen LogP contribution in [-0.4, -0.2) is 34.7 Å². The summed E-state index contributed by atoms with van der Waals surface area (Å²) in [6, 6.07) is 6.82. The summed E-state index contributed by atoms with van der Waals surface area (Å²) in [5, 5.41) is 12.6. The summed E-state index contributed by atoms with van der Waals surface area (Å²) in [7, 11) is 0. The van der Waals surface area contributed by atoms with Crippen LogP contribution in [0.25, 0.3) is 6.08 Å². The Balaban J connectivity index is 1.86. The van der Waals surface area contributed by atoms with Gasteiger partial charge in [0.1, 0.15) is 5.75 Å². The number of aromatic hydroxyl groups is 1. The molecule has 0 aliphatic carbocycles. The Kier molecular flexibility index (Phi) is 7.50. The Labute approximate surface area is 183 Å². The molecule has 3 aromatic rings. The van der Waals surface area contributed by atoms with E-state index < -0.39 is 5.97 Å². The molecule has 0 spiro atoms. The number of rotatable bonds is 9. The predicted octanol–water partition coefficient (Wildman–Crippen LogP) is 5.22. The van der Waals surface area contributed by atoms with Crippen molar-refractivity contribution in [1.82, 2.24) is 4.98 Å². The molecule has 7 nitrogen and oxygen atoms in total. The van der Waals surface area contributed by atoms with Crippen molar-refractivity contribution in [1.29, 1.82) is 0 Å². The lowest BCUT2D eigenvalue weighted by atomic mass is 10.0. The molecule has 0 aliphatic rings. The molecule has 31 heavy (non-hydrogen) atoms. The number of aryl methyl sites for hydroxylation is 1. The highest BCUT2D eigenvalue weighted by Crippen LogP contribution is 2.27. The standard InChI is InChI=1S/C23H22N2O5S/c1-3-6-16-11-15(8-9-19(26)20-7-5-10-30-20)12-17(21(16)27)13-24-23-25-18(14-31-23)22(28)29-4-2/h5,7-14,27H,3-4,6H2,1-2H3/b9-8+,24-13+. The number of carbonyl (C=O) groups is 2. The number of hydrogen-bond acceptors (Lipinski definition) is 8. The number of allylic oxidation sites excluding steroid dienone is 1. The minimum absolute atomic E-state index is 0.127. The zero-order valence-corrected chi connectivity index (χ0v) is 18.0. The average Bonchev–Trinajstić information content (AvgIpc) is 3.45. The molecule has 0 saturated carbocycles. The molecule has 8 heteroatoms. The zero-order valence-electron chi connectivity index (χ0n) is 17.2. The molecular formula is C23H22N2O5S. The first-order chi connectivity index (χ1) is 15.0. The SMILES string of the molecule is CCCc1cc(/C=C/C(=O)c2ccco2)cc(/C=N/c2nc(C(=O)OCC)cs2)c1O. The van der Waals surface area contributed by atoms with Crippen molar-refractivity contribution < 1.29 is 23.8 Å². The number of ketones is 1. The number of carbonyl (C=O) groups excluding carboxylic acids is 2. The lowest BCUT2D eigenvalue weighted by Crippen LogP contribution is -2.04. The number of ether oxygens (including phenoxy) is 1. The average molecular weight is 439 g/mol. The maximum atomic E-state index is 12.2. The third-order valence-electron chi connectivity index (χ3n) is 4.24. The summed E-state index contributed by atoms with van der Waals surface area (Å²) in [4.78, 5) is 32.3. The van der Waals surface area contributed by atoms with Gasteiger partial charge in [0.25, 0.3) is 0 Å². The van der Waals surface area contributed by atoms with Gasteiger partial charge >= 0.3 is 5.97 Å². The molecule has 0 amide bonds. The molecular weight excluding hydrogens is 416 g/mol. The number of thiazole rings is 1. The normalized spacial score (nSPS) is 11.4. The molecule has 0 atom stereocenters. The van der Waals surface area contributed by atoms with Crippen LogP contribution in [0.15, 0.2) is 51.4 Å². The molecule has 0 bridgehead atoms. The van der Waals surface area contributed by atoms with Crippen LogP contribution in [0.3, 0.4) is 0 Å². The number of nitrogens with zero attached hydrogens (tertiary/aromatic N) is 2. The largest absolute Gasteiger partial charge is 0.507 e. The quantitative estimate of drug-likeness (QED) is 0.213. The first-order valence-corrected chi connectivity index (χ1v) is 10.7. The Morgan fingerprint density at radius 3 is 2.87 bits per heavy atom. The van der Waals surface area contributed by atoms with E-state index in [0.717, 1.165) is 17.5 Å². The van der Waals surface area contributed by atoms with Gasteiger partial charge in [-0.3, -0.25) is 4.79 Å². The van der Waals surface area contributed by atoms with E-state index >= 15 is 0 Å². The van der Waals surface area contributed by atoms with E-state index in [1.54, 1.807) is 36.6 Å². The number of phenolic OH excluding ortho intramolecular Hbond substituents is 1. The van der Waals surface area contributed by atoms with Crippen molar-refractivity contribution in [3.63, 3.8) is 0 Å². The van der Waals surface area contributed by atoms with Gasteiger partial charge in [0, 0.05) is 17.2 Å². The maximum Gasteiger partial charge on any atom is 0.357 e. The fourth-order valence-corrected chi connectivity index (χ4v) is 3.45. The van der Waals surface area contributed by atoms with Gasteiger partial charge in [-0.25, -0.2) is 14.8 Å². The number of aromatic nitrogens is 1. The second-order valence-corrected chi connectivity index (χ2v) is 7.37. The zero-order chi connectivity index (χ0) is 22.2. The van der Waals surface area contributed by atoms with Crippen LogP contribution >= 0.6 is 11.3 Å². The minimum atomic E-state index is -0.498. The molecule has 0 aliphatic heterocycles. The molecule has 0 fully saturated rings. The van der Waals surface area contributed by atoms with Gasteiger partial charge in [0.05, 0.1) is 12.9 Å². The topological polar surface area (TPSA) is 102 Å². The Morgan fingerprint density at radius 1 is 1.32 bits per heavy atom. The summed E-state index contributed by atoms with van der Waals surface area (Å²) < 4.78 is 10.0. The van der Waals surface area contributed by atoms with Crippen molar-refractivity contribution in [3.05, 3.63) is 70.1 Å². The Bertz CT molecular complexity index is 1110. The summed E-state index contributed by atoms with van der Waals surface area (Å²) in [6.45, 7) is 4.01. The number of esters is 1. The first-order valence-electron chi connectivity index (χ1n) is 9.80. The number of aliphatic imine (C=N–C) groups is 1. The van der Waals surface area contributed by atoms with Crippen molar-refractivity contribution in [2.24, 2.45) is 4.99 Å². The molecule has 0 radical (unpaired) electrons. The van der Waals surface area contributed by atoms with E-state index in [9.17, 15) is 14.7 Å². The highest BCUT2D eigenvalue weighted by Gasteiger charge is 2.12. The van der Waals surface area contributed by atoms with Crippen molar-refractivity contribution in [2.75, 3.05) is 6.61 Å². The lowest BCUT2D eigenvalue weighted by Gasteiger charge is -2.08. The summed E-state index contributed by atoms with van der Waals surface area (Å²) in [5.74, 6) is -0.365. The van der Waals surface area contributed by atoms with Gasteiger partial charge in [-0.05, 0) is 54.8 Å². The van der Waals surface area contributed by atoms with E-state index in [-0.39, 0.29) is 29.6 Å². The van der Waals surface area contributed by atoms with E-state index in [0.29, 0.717) is 17.1 Å². The molecule has 2 aromatic heterocycles. The molecule has 3 rings (SSSR count). The molecule has 1 N–H and O–H groups in total. The van der Waals surface area contributed by atoms with Gasteiger partial charge in [-0.2, -0.15) is 0 Å². The van der Waals surface area contributed by atoms with E-state index in [2.05, 4.69) is 9.98 Å². The molecule has 160 valence electrons. The van der Waals surface area contributed by atoms with Crippen LogP contribution in [-0.2, 0) is 11.2 Å². The van der Waals surface area contributed by atoms with Crippen LogP contribution < -0.4 is 0 Å². The van der Waals surface area contributed by atoms with Crippen LogP contribution in [0.1, 0.15) is 58.0 Å². The van der Waals surface area contributed by atoms with Gasteiger partial charge < -0.3 is 14.3 Å². The van der Waals surface area contributed by atoms with Crippen LogP contribution in [0, 0.1) is 0 Å². The van der Waals surface area contributed by atoms with E-state index in [1.807, 2.05) is 13.0 Å². The number of phenols is 1. The van der Waals surface area contributed by atoms with Gasteiger partial charge in [-0.15, -0.1) is 11.3 Å². The van der Waals surface area contributed by atoms with Crippen molar-refractivity contribution in [3.8, 4) is 5.75 Å². The maximum absolute atomic E-state index is 12.2. The minimum Gasteiger partial charge on any atom is -0.507 e. The van der Waals surface area contributed by atoms with E-state index in [1.165, 1.54) is 29.9 Å². The van der Waals surface area contributed by atoms with Crippen molar-refractivity contribution in [2.45, 2.75) is 26.7 Å². The summed E-state index contributed by atoms with van der Waals surface area (Å²) in [5.41, 5.74) is 2.18. The monoisotopic (exact) mass is 438 g/mol. The van der Waals surface area contributed by atoms with Crippen molar-refractivity contribution >= 4 is 40.5 Å². The third-order valence-corrected chi connectivity index (χ3v) is 4.99.